The molecular formula is C14H16ClNS2. The minimum atomic E-state index is 0.0882. The van der Waals surface area contributed by atoms with E-state index in [9.17, 15) is 0 Å². The standard InChI is InChI=1S/C14H16ClNS2/c1-9-4-3-5-11(8-9)17-14(10(2)16)12-6-7-13(15)18-12/h3-8,10,14H,16H2,1-2H3. The van der Waals surface area contributed by atoms with Gasteiger partial charge in [-0.15, -0.1) is 23.1 Å². The average Bonchev–Trinajstić information content (AvgIpc) is 2.72. The monoisotopic (exact) mass is 297 g/mol. The molecule has 0 bridgehead atoms. The van der Waals surface area contributed by atoms with Gasteiger partial charge in [0.15, 0.2) is 0 Å². The van der Waals surface area contributed by atoms with Crippen LogP contribution >= 0.6 is 34.7 Å². The molecular weight excluding hydrogens is 282 g/mol. The van der Waals surface area contributed by atoms with Crippen LogP contribution in [0.2, 0.25) is 4.34 Å². The van der Waals surface area contributed by atoms with Crippen LogP contribution < -0.4 is 5.73 Å². The lowest BCUT2D eigenvalue weighted by Crippen LogP contribution is -2.21. The van der Waals surface area contributed by atoms with Gasteiger partial charge in [-0.2, -0.15) is 0 Å². The SMILES string of the molecule is Cc1cccc(SC(c2ccc(Cl)s2)C(C)N)c1. The van der Waals surface area contributed by atoms with E-state index >= 15 is 0 Å². The van der Waals surface area contributed by atoms with E-state index in [-0.39, 0.29) is 11.3 Å². The molecule has 0 amide bonds. The van der Waals surface area contributed by atoms with Gasteiger partial charge in [-0.25, -0.2) is 0 Å². The fraction of sp³-hybridized carbons (Fsp3) is 0.286. The first-order valence-corrected chi connectivity index (χ1v) is 7.88. The molecule has 18 heavy (non-hydrogen) atoms. The number of thiophene rings is 1. The lowest BCUT2D eigenvalue weighted by molar-refractivity contribution is 0.730. The number of aryl methyl sites for hydroxylation is 1. The van der Waals surface area contributed by atoms with Crippen molar-refractivity contribution in [1.82, 2.24) is 0 Å². The molecule has 2 atom stereocenters. The molecule has 2 aromatic rings. The third-order valence-corrected chi connectivity index (χ3v) is 5.53. The molecule has 2 rings (SSSR count). The van der Waals surface area contributed by atoms with Gasteiger partial charge < -0.3 is 5.73 Å². The van der Waals surface area contributed by atoms with E-state index in [1.807, 2.05) is 13.0 Å². The zero-order valence-electron chi connectivity index (χ0n) is 10.4. The van der Waals surface area contributed by atoms with Crippen LogP contribution in [0.5, 0.6) is 0 Å². The molecule has 96 valence electrons. The number of hydrogen-bond donors (Lipinski definition) is 1. The molecule has 0 saturated carbocycles. The van der Waals surface area contributed by atoms with Gasteiger partial charge in [0.1, 0.15) is 0 Å². The number of hydrogen-bond acceptors (Lipinski definition) is 3. The van der Waals surface area contributed by atoms with E-state index in [0.717, 1.165) is 4.34 Å². The van der Waals surface area contributed by atoms with Gasteiger partial charge in [-0.1, -0.05) is 29.3 Å². The van der Waals surface area contributed by atoms with Crippen LogP contribution in [0, 0.1) is 6.92 Å². The Balaban J connectivity index is 2.22. The number of halogens is 1. The van der Waals surface area contributed by atoms with E-state index in [1.165, 1.54) is 15.3 Å². The molecule has 0 fully saturated rings. The predicted octanol–water partition coefficient (Wildman–Crippen LogP) is 4.89. The highest BCUT2D eigenvalue weighted by Gasteiger charge is 2.19. The van der Waals surface area contributed by atoms with Crippen molar-refractivity contribution in [3.05, 3.63) is 51.2 Å². The fourth-order valence-electron chi connectivity index (χ4n) is 1.74. The Hall–Kier alpha value is -0.480. The first kappa shape index (κ1) is 13.9. The highest BCUT2D eigenvalue weighted by atomic mass is 35.5. The molecule has 2 unspecified atom stereocenters. The van der Waals surface area contributed by atoms with E-state index in [0.29, 0.717) is 0 Å². The maximum absolute atomic E-state index is 6.11. The zero-order chi connectivity index (χ0) is 13.1. The van der Waals surface area contributed by atoms with Crippen molar-refractivity contribution in [1.29, 1.82) is 0 Å². The summed E-state index contributed by atoms with van der Waals surface area (Å²) in [5.74, 6) is 0. The second-order valence-electron chi connectivity index (χ2n) is 4.36. The summed E-state index contributed by atoms with van der Waals surface area (Å²) in [7, 11) is 0. The Bertz CT molecular complexity index is 522. The molecule has 1 heterocycles. The van der Waals surface area contributed by atoms with Crippen molar-refractivity contribution in [3.8, 4) is 0 Å². The van der Waals surface area contributed by atoms with Gasteiger partial charge in [-0.05, 0) is 38.1 Å². The fourth-order valence-corrected chi connectivity index (χ4v) is 4.30. The van der Waals surface area contributed by atoms with Crippen LogP contribution in [-0.4, -0.2) is 6.04 Å². The first-order chi connectivity index (χ1) is 8.56. The van der Waals surface area contributed by atoms with Crippen LogP contribution in [0.1, 0.15) is 22.6 Å². The van der Waals surface area contributed by atoms with Crippen molar-refractivity contribution in [2.45, 2.75) is 30.0 Å². The summed E-state index contributed by atoms with van der Waals surface area (Å²) in [6.45, 7) is 4.15. The van der Waals surface area contributed by atoms with E-state index in [2.05, 4.69) is 37.3 Å². The maximum Gasteiger partial charge on any atom is 0.0931 e. The largest absolute Gasteiger partial charge is 0.327 e. The average molecular weight is 298 g/mol. The van der Waals surface area contributed by atoms with Crippen molar-refractivity contribution in [2.75, 3.05) is 0 Å². The van der Waals surface area contributed by atoms with E-state index < -0.39 is 0 Å². The summed E-state index contributed by atoms with van der Waals surface area (Å²) < 4.78 is 0.820. The van der Waals surface area contributed by atoms with Crippen LogP contribution in [-0.2, 0) is 0 Å². The lowest BCUT2D eigenvalue weighted by Gasteiger charge is -2.19. The predicted molar refractivity (Wildman–Crippen MR) is 82.8 cm³/mol. The Labute approximate surface area is 121 Å². The number of rotatable bonds is 4. The Morgan fingerprint density at radius 2 is 2.06 bits per heavy atom. The normalized spacial score (nSPS) is 14.4. The molecule has 0 saturated heterocycles. The minimum absolute atomic E-state index is 0.0882. The molecule has 1 aromatic carbocycles. The molecule has 2 N–H and O–H groups in total. The first-order valence-electron chi connectivity index (χ1n) is 5.80. The second kappa shape index (κ2) is 6.11. The van der Waals surface area contributed by atoms with Crippen LogP contribution in [0.15, 0.2) is 41.3 Å². The summed E-state index contributed by atoms with van der Waals surface area (Å²) in [6, 6.07) is 12.6. The molecule has 1 aromatic heterocycles. The van der Waals surface area contributed by atoms with Crippen LogP contribution in [0.25, 0.3) is 0 Å². The smallest absolute Gasteiger partial charge is 0.0931 e. The molecule has 0 aliphatic heterocycles. The third kappa shape index (κ3) is 3.51. The zero-order valence-corrected chi connectivity index (χ0v) is 12.8. The molecule has 0 radical (unpaired) electrons. The Kier molecular flexibility index (Phi) is 4.73. The Morgan fingerprint density at radius 3 is 2.61 bits per heavy atom. The van der Waals surface area contributed by atoms with E-state index in [4.69, 9.17) is 17.3 Å². The highest BCUT2D eigenvalue weighted by molar-refractivity contribution is 7.99. The topological polar surface area (TPSA) is 26.0 Å². The number of benzene rings is 1. The highest BCUT2D eigenvalue weighted by Crippen LogP contribution is 2.41. The van der Waals surface area contributed by atoms with Gasteiger partial charge >= 0.3 is 0 Å². The minimum Gasteiger partial charge on any atom is -0.327 e. The second-order valence-corrected chi connectivity index (χ2v) is 7.32. The lowest BCUT2D eigenvalue weighted by atomic mass is 10.2. The van der Waals surface area contributed by atoms with Gasteiger partial charge in [0, 0.05) is 15.8 Å². The quantitative estimate of drug-likeness (QED) is 0.813. The molecule has 0 spiro atoms. The number of nitrogens with two attached hydrogens (primary N) is 1. The van der Waals surface area contributed by atoms with Gasteiger partial charge in [0.25, 0.3) is 0 Å². The molecule has 4 heteroatoms. The van der Waals surface area contributed by atoms with Crippen LogP contribution in [0.4, 0.5) is 0 Å². The molecule has 0 aliphatic carbocycles. The van der Waals surface area contributed by atoms with Crippen molar-refractivity contribution < 1.29 is 0 Å². The van der Waals surface area contributed by atoms with Crippen molar-refractivity contribution >= 4 is 34.7 Å². The summed E-state index contributed by atoms with van der Waals surface area (Å²) in [5, 5.41) is 0.254. The maximum atomic E-state index is 6.11. The van der Waals surface area contributed by atoms with Crippen molar-refractivity contribution in [3.63, 3.8) is 0 Å². The Morgan fingerprint density at radius 1 is 1.28 bits per heavy atom. The third-order valence-electron chi connectivity index (χ3n) is 2.60. The van der Waals surface area contributed by atoms with E-state index in [1.54, 1.807) is 23.1 Å². The van der Waals surface area contributed by atoms with Gasteiger partial charge in [0.05, 0.1) is 9.59 Å². The molecule has 0 aliphatic rings. The summed E-state index contributed by atoms with van der Waals surface area (Å²) in [4.78, 5) is 2.49. The molecule has 1 nitrogen and oxygen atoms in total. The summed E-state index contributed by atoms with van der Waals surface area (Å²) >= 11 is 9.42. The summed E-state index contributed by atoms with van der Waals surface area (Å²) in [6.07, 6.45) is 0. The summed E-state index contributed by atoms with van der Waals surface area (Å²) in [5.41, 5.74) is 7.38. The van der Waals surface area contributed by atoms with Gasteiger partial charge in [-0.3, -0.25) is 0 Å². The van der Waals surface area contributed by atoms with Gasteiger partial charge in [0.2, 0.25) is 0 Å². The van der Waals surface area contributed by atoms with Crippen LogP contribution in [0.3, 0.4) is 0 Å². The number of thioether (sulfide) groups is 1. The van der Waals surface area contributed by atoms with Crippen molar-refractivity contribution in [2.24, 2.45) is 5.73 Å².